The van der Waals surface area contributed by atoms with E-state index in [9.17, 15) is 4.79 Å². The maximum atomic E-state index is 12.3. The average Bonchev–Trinajstić information content (AvgIpc) is 2.91. The van der Waals surface area contributed by atoms with Crippen molar-refractivity contribution >= 4 is 17.1 Å². The van der Waals surface area contributed by atoms with Crippen LogP contribution in [0.3, 0.4) is 0 Å². The van der Waals surface area contributed by atoms with Gasteiger partial charge in [0.1, 0.15) is 0 Å². The highest BCUT2D eigenvalue weighted by Gasteiger charge is 2.25. The zero-order valence-electron chi connectivity index (χ0n) is 9.56. The molecule has 1 nitrogen and oxygen atoms in total. The Kier molecular flexibility index (Phi) is 2.81. The third-order valence-electron chi connectivity index (χ3n) is 3.48. The van der Waals surface area contributed by atoms with Gasteiger partial charge in [0.2, 0.25) is 0 Å². The molecule has 1 aliphatic carbocycles. The van der Waals surface area contributed by atoms with Crippen LogP contribution in [0.15, 0.2) is 41.8 Å². The molecule has 1 heterocycles. The van der Waals surface area contributed by atoms with Crippen LogP contribution in [0.4, 0.5) is 0 Å². The summed E-state index contributed by atoms with van der Waals surface area (Å²) in [6.07, 6.45) is 2.94. The minimum absolute atomic E-state index is 0.184. The second-order valence-electron chi connectivity index (χ2n) is 4.55. The molecule has 0 saturated carbocycles. The van der Waals surface area contributed by atoms with E-state index >= 15 is 0 Å². The van der Waals surface area contributed by atoms with E-state index in [1.165, 1.54) is 11.1 Å². The van der Waals surface area contributed by atoms with E-state index in [4.69, 9.17) is 0 Å². The summed E-state index contributed by atoms with van der Waals surface area (Å²) in [5.41, 5.74) is 2.77. The number of carbonyl (C=O) groups excluding carboxylic acids is 1. The molecule has 1 aromatic heterocycles. The lowest BCUT2D eigenvalue weighted by Gasteiger charge is -2.23. The summed E-state index contributed by atoms with van der Waals surface area (Å²) in [6, 6.07) is 12.4. The molecule has 86 valence electrons. The van der Waals surface area contributed by atoms with Gasteiger partial charge in [0.05, 0.1) is 4.88 Å². The van der Waals surface area contributed by atoms with E-state index in [-0.39, 0.29) is 5.92 Å². The van der Waals surface area contributed by atoms with Crippen molar-refractivity contribution < 1.29 is 4.79 Å². The Hall–Kier alpha value is -1.41. The molecule has 0 bridgehead atoms. The topological polar surface area (TPSA) is 17.1 Å². The van der Waals surface area contributed by atoms with Crippen LogP contribution in [0.25, 0.3) is 0 Å². The van der Waals surface area contributed by atoms with Gasteiger partial charge in [-0.15, -0.1) is 11.3 Å². The maximum Gasteiger partial charge on any atom is 0.176 e. The lowest BCUT2D eigenvalue weighted by molar-refractivity contribution is 0.0913. The highest BCUT2D eigenvalue weighted by Crippen LogP contribution is 2.28. The second kappa shape index (κ2) is 4.46. The summed E-state index contributed by atoms with van der Waals surface area (Å²) in [5.74, 6) is 0.512. The number of Topliss-reactive ketones (excluding diaryl/α,β-unsaturated/α-hetero) is 1. The highest BCUT2D eigenvalue weighted by molar-refractivity contribution is 7.12. The molecule has 2 heteroatoms. The minimum atomic E-state index is 0.184. The number of thiophene rings is 1. The summed E-state index contributed by atoms with van der Waals surface area (Å²) >= 11 is 1.56. The van der Waals surface area contributed by atoms with Crippen molar-refractivity contribution in [1.29, 1.82) is 0 Å². The van der Waals surface area contributed by atoms with Crippen LogP contribution in [0.5, 0.6) is 0 Å². The van der Waals surface area contributed by atoms with Gasteiger partial charge in [-0.2, -0.15) is 0 Å². The summed E-state index contributed by atoms with van der Waals surface area (Å²) < 4.78 is 0. The Morgan fingerprint density at radius 1 is 1.12 bits per heavy atom. The number of hydrogen-bond donors (Lipinski definition) is 0. The summed E-state index contributed by atoms with van der Waals surface area (Å²) in [4.78, 5) is 13.2. The third kappa shape index (κ3) is 2.05. The quantitative estimate of drug-likeness (QED) is 0.733. The third-order valence-corrected chi connectivity index (χ3v) is 4.37. The molecule has 1 aromatic carbocycles. The number of ketones is 1. The molecule has 1 unspecified atom stereocenters. The molecule has 0 amide bonds. The van der Waals surface area contributed by atoms with Crippen molar-refractivity contribution in [3.05, 3.63) is 57.8 Å². The summed E-state index contributed by atoms with van der Waals surface area (Å²) in [6.45, 7) is 0. The van der Waals surface area contributed by atoms with Crippen molar-refractivity contribution in [3.63, 3.8) is 0 Å². The first-order chi connectivity index (χ1) is 8.34. The van der Waals surface area contributed by atoms with Gasteiger partial charge in [0, 0.05) is 5.92 Å². The van der Waals surface area contributed by atoms with Crippen molar-refractivity contribution in [2.45, 2.75) is 19.3 Å². The number of aryl methyl sites for hydroxylation is 1. The SMILES string of the molecule is O=C(c1cccs1)C1CCc2ccccc2C1. The highest BCUT2D eigenvalue weighted by atomic mass is 32.1. The Bertz CT molecular complexity index is 528. The van der Waals surface area contributed by atoms with E-state index in [1.807, 2.05) is 17.5 Å². The largest absolute Gasteiger partial charge is 0.293 e. The standard InChI is InChI=1S/C15H14OS/c16-15(14-6-3-9-17-14)13-8-7-11-4-1-2-5-12(11)10-13/h1-6,9,13H,7-8,10H2. The van der Waals surface area contributed by atoms with E-state index < -0.39 is 0 Å². The summed E-state index contributed by atoms with van der Waals surface area (Å²) in [5, 5.41) is 1.98. The van der Waals surface area contributed by atoms with Crippen LogP contribution < -0.4 is 0 Å². The number of rotatable bonds is 2. The first-order valence-corrected chi connectivity index (χ1v) is 6.87. The second-order valence-corrected chi connectivity index (χ2v) is 5.50. The fourth-order valence-electron chi connectivity index (χ4n) is 2.54. The van der Waals surface area contributed by atoms with Crippen LogP contribution in [-0.2, 0) is 12.8 Å². The van der Waals surface area contributed by atoms with E-state index in [1.54, 1.807) is 11.3 Å². The molecule has 2 aromatic rings. The first kappa shape index (κ1) is 10.7. The molecule has 0 spiro atoms. The number of carbonyl (C=O) groups is 1. The lowest BCUT2D eigenvalue weighted by atomic mass is 9.81. The van der Waals surface area contributed by atoms with Gasteiger partial charge < -0.3 is 0 Å². The van der Waals surface area contributed by atoms with Crippen LogP contribution in [-0.4, -0.2) is 5.78 Å². The number of benzene rings is 1. The minimum Gasteiger partial charge on any atom is -0.293 e. The normalized spacial score (nSPS) is 18.7. The maximum absolute atomic E-state index is 12.3. The van der Waals surface area contributed by atoms with E-state index in [2.05, 4.69) is 24.3 Å². The molecule has 0 radical (unpaired) electrons. The Morgan fingerprint density at radius 3 is 2.71 bits per heavy atom. The van der Waals surface area contributed by atoms with E-state index in [0.29, 0.717) is 5.78 Å². The smallest absolute Gasteiger partial charge is 0.176 e. The molecule has 1 atom stereocenters. The molecule has 0 saturated heterocycles. The van der Waals surface area contributed by atoms with Crippen molar-refractivity contribution in [2.75, 3.05) is 0 Å². The molecule has 0 aliphatic heterocycles. The Labute approximate surface area is 105 Å². The average molecular weight is 242 g/mol. The molecule has 1 aliphatic rings. The summed E-state index contributed by atoms with van der Waals surface area (Å²) in [7, 11) is 0. The van der Waals surface area contributed by atoms with Gasteiger partial charge in [-0.25, -0.2) is 0 Å². The van der Waals surface area contributed by atoms with Crippen LogP contribution in [0.1, 0.15) is 27.2 Å². The fraction of sp³-hybridized carbons (Fsp3) is 0.267. The van der Waals surface area contributed by atoms with Gasteiger partial charge >= 0.3 is 0 Å². The van der Waals surface area contributed by atoms with Crippen molar-refractivity contribution in [1.82, 2.24) is 0 Å². The van der Waals surface area contributed by atoms with Gasteiger partial charge in [-0.1, -0.05) is 30.3 Å². The predicted octanol–water partition coefficient (Wildman–Crippen LogP) is 3.74. The Morgan fingerprint density at radius 2 is 1.94 bits per heavy atom. The fourth-order valence-corrected chi connectivity index (χ4v) is 3.29. The molecule has 17 heavy (non-hydrogen) atoms. The van der Waals surface area contributed by atoms with Gasteiger partial charge in [-0.3, -0.25) is 4.79 Å². The van der Waals surface area contributed by atoms with Gasteiger partial charge in [-0.05, 0) is 41.8 Å². The number of fused-ring (bicyclic) bond motifs is 1. The van der Waals surface area contributed by atoms with Gasteiger partial charge in [0.15, 0.2) is 5.78 Å². The Balaban J connectivity index is 1.83. The number of hydrogen-bond acceptors (Lipinski definition) is 2. The van der Waals surface area contributed by atoms with Crippen molar-refractivity contribution in [2.24, 2.45) is 5.92 Å². The molecular weight excluding hydrogens is 228 g/mol. The van der Waals surface area contributed by atoms with Crippen LogP contribution in [0, 0.1) is 5.92 Å². The first-order valence-electron chi connectivity index (χ1n) is 5.99. The molecular formula is C15H14OS. The van der Waals surface area contributed by atoms with Crippen LogP contribution in [0.2, 0.25) is 0 Å². The van der Waals surface area contributed by atoms with Crippen LogP contribution >= 0.6 is 11.3 Å². The zero-order valence-corrected chi connectivity index (χ0v) is 10.4. The monoisotopic (exact) mass is 242 g/mol. The molecule has 0 fully saturated rings. The van der Waals surface area contributed by atoms with E-state index in [0.717, 1.165) is 24.1 Å². The zero-order chi connectivity index (χ0) is 11.7. The van der Waals surface area contributed by atoms with Crippen molar-refractivity contribution in [3.8, 4) is 0 Å². The molecule has 3 rings (SSSR count). The lowest BCUT2D eigenvalue weighted by Crippen LogP contribution is -2.22. The predicted molar refractivity (Wildman–Crippen MR) is 70.6 cm³/mol. The van der Waals surface area contributed by atoms with Gasteiger partial charge in [0.25, 0.3) is 0 Å². The molecule has 0 N–H and O–H groups in total.